The number of hydrogen-bond donors (Lipinski definition) is 1. The van der Waals surface area contributed by atoms with Gasteiger partial charge in [0.05, 0.1) is 5.60 Å². The monoisotopic (exact) mass is 154 g/mol. The van der Waals surface area contributed by atoms with Gasteiger partial charge in [0.2, 0.25) is 0 Å². The summed E-state index contributed by atoms with van der Waals surface area (Å²) in [6, 6.07) is 0. The summed E-state index contributed by atoms with van der Waals surface area (Å²) < 4.78 is 0. The van der Waals surface area contributed by atoms with Gasteiger partial charge in [-0.05, 0) is 31.1 Å². The molecule has 0 aromatic heterocycles. The fraction of sp³-hybridized carbons (Fsp3) is 0.800. The molecule has 64 valence electrons. The third kappa shape index (κ3) is 1.84. The molecule has 0 radical (unpaired) electrons. The molecule has 1 heteroatoms. The van der Waals surface area contributed by atoms with Gasteiger partial charge in [0.25, 0.3) is 0 Å². The number of rotatable bonds is 1. The summed E-state index contributed by atoms with van der Waals surface area (Å²) in [6.45, 7) is 8.13. The Bertz CT molecular complexity index is 153. The molecule has 0 saturated heterocycles. The van der Waals surface area contributed by atoms with E-state index in [0.717, 1.165) is 25.2 Å². The fourth-order valence-electron chi connectivity index (χ4n) is 1.81. The van der Waals surface area contributed by atoms with E-state index >= 15 is 0 Å². The minimum absolute atomic E-state index is 0.564. The molecule has 0 heterocycles. The smallest absolute Gasteiger partial charge is 0.0827 e. The van der Waals surface area contributed by atoms with Gasteiger partial charge in [0.1, 0.15) is 0 Å². The fourth-order valence-corrected chi connectivity index (χ4v) is 1.81. The maximum absolute atomic E-state index is 9.85. The predicted octanol–water partition coefficient (Wildman–Crippen LogP) is 2.36. The van der Waals surface area contributed by atoms with Crippen LogP contribution in [0.5, 0.6) is 0 Å². The largest absolute Gasteiger partial charge is 0.386 e. The minimum atomic E-state index is -0.564. The minimum Gasteiger partial charge on any atom is -0.386 e. The van der Waals surface area contributed by atoms with Gasteiger partial charge in [-0.3, -0.25) is 0 Å². The van der Waals surface area contributed by atoms with Crippen LogP contribution in [0.1, 0.15) is 33.1 Å². The molecular formula is C10H18O. The summed E-state index contributed by atoms with van der Waals surface area (Å²) in [7, 11) is 0. The zero-order chi connectivity index (χ0) is 8.48. The zero-order valence-electron chi connectivity index (χ0n) is 7.51. The number of aliphatic hydroxyl groups is 1. The van der Waals surface area contributed by atoms with Crippen LogP contribution in [0.2, 0.25) is 0 Å². The Morgan fingerprint density at radius 2 is 2.09 bits per heavy atom. The van der Waals surface area contributed by atoms with Crippen LogP contribution in [0.15, 0.2) is 12.7 Å². The molecule has 3 atom stereocenters. The van der Waals surface area contributed by atoms with Crippen molar-refractivity contribution in [3.8, 4) is 0 Å². The third-order valence-corrected chi connectivity index (χ3v) is 3.06. The average Bonchev–Trinajstić information content (AvgIpc) is 1.98. The maximum atomic E-state index is 9.85. The second kappa shape index (κ2) is 2.98. The van der Waals surface area contributed by atoms with Crippen molar-refractivity contribution < 1.29 is 5.11 Å². The summed E-state index contributed by atoms with van der Waals surface area (Å²) in [5.41, 5.74) is -0.564. The van der Waals surface area contributed by atoms with E-state index in [9.17, 15) is 5.11 Å². The van der Waals surface area contributed by atoms with E-state index in [1.165, 1.54) is 0 Å². The first-order valence-electron chi connectivity index (χ1n) is 4.43. The SMILES string of the molecule is C=CC1(O)CCC(C)C(C)C1. The van der Waals surface area contributed by atoms with Crippen molar-refractivity contribution in [1.29, 1.82) is 0 Å². The van der Waals surface area contributed by atoms with Gasteiger partial charge in [-0.15, -0.1) is 6.58 Å². The van der Waals surface area contributed by atoms with Crippen LogP contribution in [-0.4, -0.2) is 10.7 Å². The summed E-state index contributed by atoms with van der Waals surface area (Å²) >= 11 is 0. The Labute approximate surface area is 69.1 Å². The first-order valence-corrected chi connectivity index (χ1v) is 4.43. The normalized spacial score (nSPS) is 45.4. The maximum Gasteiger partial charge on any atom is 0.0827 e. The van der Waals surface area contributed by atoms with Crippen molar-refractivity contribution in [2.24, 2.45) is 11.8 Å². The quantitative estimate of drug-likeness (QED) is 0.575. The van der Waals surface area contributed by atoms with E-state index in [4.69, 9.17) is 0 Å². The van der Waals surface area contributed by atoms with Crippen LogP contribution < -0.4 is 0 Å². The molecule has 0 aliphatic heterocycles. The Morgan fingerprint density at radius 1 is 1.45 bits per heavy atom. The van der Waals surface area contributed by atoms with Crippen LogP contribution in [0.4, 0.5) is 0 Å². The van der Waals surface area contributed by atoms with Crippen molar-refractivity contribution in [3.05, 3.63) is 12.7 Å². The van der Waals surface area contributed by atoms with E-state index in [1.54, 1.807) is 6.08 Å². The molecule has 11 heavy (non-hydrogen) atoms. The highest BCUT2D eigenvalue weighted by Gasteiger charge is 2.32. The van der Waals surface area contributed by atoms with E-state index in [-0.39, 0.29) is 0 Å². The van der Waals surface area contributed by atoms with Gasteiger partial charge in [0.15, 0.2) is 0 Å². The molecule has 0 amide bonds. The highest BCUT2D eigenvalue weighted by molar-refractivity contribution is 4.99. The second-order valence-electron chi connectivity index (χ2n) is 4.01. The molecular weight excluding hydrogens is 136 g/mol. The molecule has 1 aliphatic carbocycles. The van der Waals surface area contributed by atoms with E-state index in [0.29, 0.717) is 5.92 Å². The zero-order valence-corrected chi connectivity index (χ0v) is 7.51. The van der Waals surface area contributed by atoms with Gasteiger partial charge < -0.3 is 5.11 Å². The Kier molecular flexibility index (Phi) is 2.38. The summed E-state index contributed by atoms with van der Waals surface area (Å²) in [5.74, 6) is 1.39. The molecule has 1 fully saturated rings. The first kappa shape index (κ1) is 8.79. The van der Waals surface area contributed by atoms with Crippen LogP contribution in [0, 0.1) is 11.8 Å². The second-order valence-corrected chi connectivity index (χ2v) is 4.01. The van der Waals surface area contributed by atoms with Gasteiger partial charge in [-0.25, -0.2) is 0 Å². The van der Waals surface area contributed by atoms with Crippen LogP contribution in [-0.2, 0) is 0 Å². The Morgan fingerprint density at radius 3 is 2.55 bits per heavy atom. The highest BCUT2D eigenvalue weighted by atomic mass is 16.3. The lowest BCUT2D eigenvalue weighted by Crippen LogP contribution is -2.35. The van der Waals surface area contributed by atoms with E-state index < -0.39 is 5.60 Å². The standard InChI is InChI=1S/C10H18O/c1-4-10(11)6-5-8(2)9(3)7-10/h4,8-9,11H,1,5-7H2,2-3H3. The Balaban J connectivity index is 2.58. The molecule has 1 aliphatic rings. The van der Waals surface area contributed by atoms with Gasteiger partial charge in [0, 0.05) is 0 Å². The molecule has 0 aromatic rings. The molecule has 0 bridgehead atoms. The Hall–Kier alpha value is -0.300. The first-order chi connectivity index (χ1) is 5.07. The predicted molar refractivity (Wildman–Crippen MR) is 47.3 cm³/mol. The lowest BCUT2D eigenvalue weighted by molar-refractivity contribution is 0.0132. The summed E-state index contributed by atoms with van der Waals surface area (Å²) in [5, 5.41) is 9.85. The van der Waals surface area contributed by atoms with Crippen LogP contribution in [0.25, 0.3) is 0 Å². The number of hydrogen-bond acceptors (Lipinski definition) is 1. The topological polar surface area (TPSA) is 20.2 Å². The molecule has 3 unspecified atom stereocenters. The van der Waals surface area contributed by atoms with Crippen LogP contribution in [0.3, 0.4) is 0 Å². The van der Waals surface area contributed by atoms with Crippen molar-refractivity contribution in [1.82, 2.24) is 0 Å². The van der Waals surface area contributed by atoms with Gasteiger partial charge in [-0.2, -0.15) is 0 Å². The van der Waals surface area contributed by atoms with Crippen LogP contribution >= 0.6 is 0 Å². The van der Waals surface area contributed by atoms with Crippen molar-refractivity contribution in [2.45, 2.75) is 38.7 Å². The lowest BCUT2D eigenvalue weighted by atomic mass is 9.73. The molecule has 0 spiro atoms. The summed E-state index contributed by atoms with van der Waals surface area (Å²) in [6.07, 6.45) is 4.61. The molecule has 1 N–H and O–H groups in total. The molecule has 0 aromatic carbocycles. The van der Waals surface area contributed by atoms with Gasteiger partial charge >= 0.3 is 0 Å². The lowest BCUT2D eigenvalue weighted by Gasteiger charge is -2.36. The van der Waals surface area contributed by atoms with Crippen molar-refractivity contribution in [2.75, 3.05) is 0 Å². The van der Waals surface area contributed by atoms with Crippen molar-refractivity contribution in [3.63, 3.8) is 0 Å². The molecule has 1 saturated carbocycles. The third-order valence-electron chi connectivity index (χ3n) is 3.06. The van der Waals surface area contributed by atoms with Gasteiger partial charge in [-0.1, -0.05) is 19.9 Å². The summed E-state index contributed by atoms with van der Waals surface area (Å²) in [4.78, 5) is 0. The molecule has 1 rings (SSSR count). The van der Waals surface area contributed by atoms with E-state index in [2.05, 4.69) is 20.4 Å². The van der Waals surface area contributed by atoms with E-state index in [1.807, 2.05) is 0 Å². The average molecular weight is 154 g/mol. The highest BCUT2D eigenvalue weighted by Crippen LogP contribution is 2.36. The van der Waals surface area contributed by atoms with Crippen molar-refractivity contribution >= 4 is 0 Å². The molecule has 1 nitrogen and oxygen atoms in total.